The molecule has 0 radical (unpaired) electrons. The van der Waals surface area contributed by atoms with Crippen LogP contribution in [-0.2, 0) is 9.84 Å². The average molecular weight is 244 g/mol. The van der Waals surface area contributed by atoms with Gasteiger partial charge in [-0.05, 0) is 19.8 Å². The molecule has 16 heavy (non-hydrogen) atoms. The maximum atomic E-state index is 11.5. The molecule has 2 heterocycles. The van der Waals surface area contributed by atoms with Gasteiger partial charge in [0.15, 0.2) is 15.7 Å². The topological polar surface area (TPSA) is 86.2 Å². The molecule has 1 aromatic rings. The number of rotatable bonds is 2. The fourth-order valence-electron chi connectivity index (χ4n) is 1.92. The van der Waals surface area contributed by atoms with Crippen molar-refractivity contribution in [1.82, 2.24) is 4.98 Å². The Bertz CT molecular complexity index is 464. The van der Waals surface area contributed by atoms with Crippen LogP contribution in [0.4, 0.5) is 0 Å². The molecule has 0 spiro atoms. The zero-order valence-electron chi connectivity index (χ0n) is 9.22. The number of nitrogens with two attached hydrogens (primary N) is 1. The van der Waals surface area contributed by atoms with Gasteiger partial charge >= 0.3 is 0 Å². The van der Waals surface area contributed by atoms with Crippen LogP contribution in [0.15, 0.2) is 10.6 Å². The fourth-order valence-corrected chi connectivity index (χ4v) is 3.61. The minimum atomic E-state index is -2.92. The molecule has 2 N–H and O–H groups in total. The number of sulfone groups is 1. The molecule has 0 amide bonds. The van der Waals surface area contributed by atoms with E-state index in [0.29, 0.717) is 18.1 Å². The minimum absolute atomic E-state index is 0.105. The van der Waals surface area contributed by atoms with Crippen molar-refractivity contribution in [2.45, 2.75) is 31.7 Å². The summed E-state index contributed by atoms with van der Waals surface area (Å²) in [6, 6.07) is -0.207. The van der Waals surface area contributed by atoms with E-state index in [0.717, 1.165) is 6.42 Å². The van der Waals surface area contributed by atoms with E-state index in [2.05, 4.69) is 4.98 Å². The maximum absolute atomic E-state index is 11.5. The first kappa shape index (κ1) is 11.6. The molecule has 5 nitrogen and oxygen atoms in total. The highest BCUT2D eigenvalue weighted by molar-refractivity contribution is 7.91. The van der Waals surface area contributed by atoms with E-state index in [9.17, 15) is 8.42 Å². The summed E-state index contributed by atoms with van der Waals surface area (Å²) in [5.41, 5.74) is 5.66. The molecule has 1 aromatic heterocycles. The summed E-state index contributed by atoms with van der Waals surface area (Å²) < 4.78 is 28.4. The lowest BCUT2D eigenvalue weighted by atomic mass is 10.1. The minimum Gasteiger partial charge on any atom is -0.444 e. The Hall–Kier alpha value is -0.880. The third-order valence-electron chi connectivity index (χ3n) is 2.80. The van der Waals surface area contributed by atoms with Crippen molar-refractivity contribution in [1.29, 1.82) is 0 Å². The molecule has 0 aliphatic carbocycles. The van der Waals surface area contributed by atoms with Crippen molar-refractivity contribution in [2.24, 2.45) is 5.73 Å². The summed E-state index contributed by atoms with van der Waals surface area (Å²) in [6.45, 7) is 1.81. The van der Waals surface area contributed by atoms with Crippen LogP contribution in [0, 0.1) is 0 Å². The highest BCUT2D eigenvalue weighted by Gasteiger charge is 2.29. The van der Waals surface area contributed by atoms with Gasteiger partial charge in [0, 0.05) is 5.92 Å². The van der Waals surface area contributed by atoms with Crippen molar-refractivity contribution in [2.75, 3.05) is 11.5 Å². The zero-order valence-corrected chi connectivity index (χ0v) is 10.0. The van der Waals surface area contributed by atoms with E-state index in [4.69, 9.17) is 10.2 Å². The molecular weight excluding hydrogens is 228 g/mol. The largest absolute Gasteiger partial charge is 0.444 e. The standard InChI is InChI=1S/C10H16N2O3S/c1-7(11)9-5-12-10(15-9)8-3-2-4-16(13,14)6-8/h5,7-8H,2-4,6,11H2,1H3. The molecule has 2 atom stereocenters. The Kier molecular flexibility index (Phi) is 3.03. The Morgan fingerprint density at radius 2 is 2.38 bits per heavy atom. The van der Waals surface area contributed by atoms with E-state index in [1.807, 2.05) is 6.92 Å². The monoisotopic (exact) mass is 244 g/mol. The van der Waals surface area contributed by atoms with E-state index >= 15 is 0 Å². The normalized spacial score (nSPS) is 26.5. The highest BCUT2D eigenvalue weighted by atomic mass is 32.2. The lowest BCUT2D eigenvalue weighted by molar-refractivity contribution is 0.397. The molecular formula is C10H16N2O3S. The second kappa shape index (κ2) is 4.18. The molecule has 1 fully saturated rings. The molecule has 0 bridgehead atoms. The maximum Gasteiger partial charge on any atom is 0.198 e. The van der Waals surface area contributed by atoms with Gasteiger partial charge in [-0.2, -0.15) is 0 Å². The summed E-state index contributed by atoms with van der Waals surface area (Å²) in [5.74, 6) is 1.44. The van der Waals surface area contributed by atoms with Crippen molar-refractivity contribution < 1.29 is 12.8 Å². The lowest BCUT2D eigenvalue weighted by Gasteiger charge is -2.18. The molecule has 2 unspecified atom stereocenters. The summed E-state index contributed by atoms with van der Waals surface area (Å²) in [6.07, 6.45) is 3.09. The summed E-state index contributed by atoms with van der Waals surface area (Å²) in [5, 5.41) is 0. The van der Waals surface area contributed by atoms with E-state index in [1.54, 1.807) is 6.20 Å². The predicted molar refractivity (Wildman–Crippen MR) is 59.7 cm³/mol. The van der Waals surface area contributed by atoms with Gasteiger partial charge in [0.25, 0.3) is 0 Å². The van der Waals surface area contributed by atoms with Gasteiger partial charge < -0.3 is 10.2 Å². The third-order valence-corrected chi connectivity index (χ3v) is 4.62. The molecule has 0 aromatic carbocycles. The van der Waals surface area contributed by atoms with Crippen molar-refractivity contribution in [3.8, 4) is 0 Å². The van der Waals surface area contributed by atoms with Gasteiger partial charge in [-0.1, -0.05) is 0 Å². The van der Waals surface area contributed by atoms with Crippen LogP contribution in [-0.4, -0.2) is 24.9 Å². The second-order valence-electron chi connectivity index (χ2n) is 4.34. The quantitative estimate of drug-likeness (QED) is 0.838. The first-order chi connectivity index (χ1) is 7.48. The number of nitrogens with zero attached hydrogens (tertiary/aromatic N) is 1. The fraction of sp³-hybridized carbons (Fsp3) is 0.700. The number of aromatic nitrogens is 1. The average Bonchev–Trinajstić information content (AvgIpc) is 2.64. The van der Waals surface area contributed by atoms with Crippen molar-refractivity contribution in [3.63, 3.8) is 0 Å². The summed E-state index contributed by atoms with van der Waals surface area (Å²) >= 11 is 0. The van der Waals surface area contributed by atoms with Gasteiger partial charge in [-0.25, -0.2) is 13.4 Å². The van der Waals surface area contributed by atoms with Crippen molar-refractivity contribution in [3.05, 3.63) is 17.8 Å². The molecule has 1 aliphatic rings. The van der Waals surface area contributed by atoms with Gasteiger partial charge in [-0.3, -0.25) is 0 Å². The third kappa shape index (κ3) is 2.44. The van der Waals surface area contributed by atoms with Crippen molar-refractivity contribution >= 4 is 9.84 Å². The first-order valence-corrected chi connectivity index (χ1v) is 7.22. The number of hydrogen-bond acceptors (Lipinski definition) is 5. The zero-order chi connectivity index (χ0) is 11.8. The number of oxazole rings is 1. The molecule has 6 heteroatoms. The van der Waals surface area contributed by atoms with E-state index in [-0.39, 0.29) is 23.5 Å². The highest BCUT2D eigenvalue weighted by Crippen LogP contribution is 2.28. The van der Waals surface area contributed by atoms with Crippen LogP contribution in [0.25, 0.3) is 0 Å². The van der Waals surface area contributed by atoms with Gasteiger partial charge in [0.05, 0.1) is 23.7 Å². The second-order valence-corrected chi connectivity index (χ2v) is 6.57. The molecule has 90 valence electrons. The Morgan fingerprint density at radius 1 is 1.62 bits per heavy atom. The Balaban J connectivity index is 2.17. The SMILES string of the molecule is CC(N)c1cnc(C2CCCS(=O)(=O)C2)o1. The Morgan fingerprint density at radius 3 is 2.94 bits per heavy atom. The predicted octanol–water partition coefficient (Wildman–Crippen LogP) is 0.987. The molecule has 2 rings (SSSR count). The smallest absolute Gasteiger partial charge is 0.198 e. The summed E-state index contributed by atoms with van der Waals surface area (Å²) in [7, 11) is -2.92. The molecule has 1 aliphatic heterocycles. The van der Waals surface area contributed by atoms with Crippen LogP contribution >= 0.6 is 0 Å². The number of hydrogen-bond donors (Lipinski definition) is 1. The molecule has 0 saturated carbocycles. The van der Waals surface area contributed by atoms with Crippen LogP contribution in [0.3, 0.4) is 0 Å². The van der Waals surface area contributed by atoms with Crippen LogP contribution in [0.5, 0.6) is 0 Å². The lowest BCUT2D eigenvalue weighted by Crippen LogP contribution is -2.23. The summed E-state index contributed by atoms with van der Waals surface area (Å²) in [4.78, 5) is 4.12. The molecule has 1 saturated heterocycles. The van der Waals surface area contributed by atoms with Crippen LogP contribution in [0.2, 0.25) is 0 Å². The van der Waals surface area contributed by atoms with E-state index in [1.165, 1.54) is 0 Å². The Labute approximate surface area is 95.0 Å². The first-order valence-electron chi connectivity index (χ1n) is 5.39. The van der Waals surface area contributed by atoms with Gasteiger partial charge in [0.2, 0.25) is 0 Å². The van der Waals surface area contributed by atoms with Gasteiger partial charge in [0.1, 0.15) is 5.76 Å². The van der Waals surface area contributed by atoms with Crippen LogP contribution in [0.1, 0.15) is 43.4 Å². The van der Waals surface area contributed by atoms with Crippen LogP contribution < -0.4 is 5.73 Å². The van der Waals surface area contributed by atoms with Gasteiger partial charge in [-0.15, -0.1) is 0 Å². The van der Waals surface area contributed by atoms with E-state index < -0.39 is 9.84 Å².